The van der Waals surface area contributed by atoms with Gasteiger partial charge in [-0.05, 0) is 50.9 Å². The lowest BCUT2D eigenvalue weighted by Gasteiger charge is -2.29. The molecule has 1 saturated heterocycles. The van der Waals surface area contributed by atoms with Crippen molar-refractivity contribution in [2.24, 2.45) is 5.92 Å². The fourth-order valence-corrected chi connectivity index (χ4v) is 2.87. The van der Waals surface area contributed by atoms with Gasteiger partial charge in [0.15, 0.2) is 0 Å². The number of aryl methyl sites for hydroxylation is 1. The minimum Gasteiger partial charge on any atom is -0.317 e. The molecule has 0 spiro atoms. The van der Waals surface area contributed by atoms with Crippen LogP contribution in [-0.2, 0) is 13.1 Å². The van der Waals surface area contributed by atoms with Crippen LogP contribution in [0, 0.1) is 5.92 Å². The van der Waals surface area contributed by atoms with Crippen LogP contribution in [0.4, 0.5) is 0 Å². The predicted molar refractivity (Wildman–Crippen MR) is 79.1 cm³/mol. The molecule has 4 nitrogen and oxygen atoms in total. The van der Waals surface area contributed by atoms with Gasteiger partial charge in [0.1, 0.15) is 0 Å². The number of rotatable bonds is 7. The van der Waals surface area contributed by atoms with Crippen molar-refractivity contribution >= 4 is 0 Å². The molecule has 19 heavy (non-hydrogen) atoms. The van der Waals surface area contributed by atoms with Crippen molar-refractivity contribution in [1.29, 1.82) is 0 Å². The number of nitrogens with zero attached hydrogens (tertiary/aromatic N) is 3. The lowest BCUT2D eigenvalue weighted by Crippen LogP contribution is -2.36. The fraction of sp³-hybridized carbons (Fsp3) is 0.800. The number of piperidine rings is 1. The van der Waals surface area contributed by atoms with E-state index in [1.807, 2.05) is 6.20 Å². The SMILES string of the molecule is CCCn1nccc1CN(CC)CC1CCNCC1. The van der Waals surface area contributed by atoms with E-state index in [0.29, 0.717) is 0 Å². The van der Waals surface area contributed by atoms with Gasteiger partial charge in [-0.1, -0.05) is 13.8 Å². The van der Waals surface area contributed by atoms with Crippen LogP contribution < -0.4 is 5.32 Å². The highest BCUT2D eigenvalue weighted by Gasteiger charge is 2.17. The van der Waals surface area contributed by atoms with Crippen molar-refractivity contribution in [2.45, 2.75) is 46.2 Å². The highest BCUT2D eigenvalue weighted by atomic mass is 15.3. The molecule has 2 rings (SSSR count). The first-order valence-electron chi connectivity index (χ1n) is 7.77. The number of aromatic nitrogens is 2. The first-order valence-corrected chi connectivity index (χ1v) is 7.77. The third-order valence-corrected chi connectivity index (χ3v) is 4.05. The largest absolute Gasteiger partial charge is 0.317 e. The number of hydrogen-bond donors (Lipinski definition) is 1. The van der Waals surface area contributed by atoms with Crippen LogP contribution in [0.25, 0.3) is 0 Å². The van der Waals surface area contributed by atoms with E-state index >= 15 is 0 Å². The molecule has 1 aromatic heterocycles. The molecule has 0 aliphatic carbocycles. The second-order valence-electron chi connectivity index (χ2n) is 5.57. The summed E-state index contributed by atoms with van der Waals surface area (Å²) in [4.78, 5) is 2.57. The molecule has 0 amide bonds. The van der Waals surface area contributed by atoms with E-state index in [9.17, 15) is 0 Å². The highest BCUT2D eigenvalue weighted by Crippen LogP contribution is 2.15. The van der Waals surface area contributed by atoms with Gasteiger partial charge in [-0.15, -0.1) is 0 Å². The van der Waals surface area contributed by atoms with E-state index < -0.39 is 0 Å². The van der Waals surface area contributed by atoms with Crippen LogP contribution >= 0.6 is 0 Å². The summed E-state index contributed by atoms with van der Waals surface area (Å²) in [6.07, 6.45) is 5.73. The van der Waals surface area contributed by atoms with E-state index in [1.165, 1.54) is 38.2 Å². The van der Waals surface area contributed by atoms with Gasteiger partial charge < -0.3 is 5.32 Å². The highest BCUT2D eigenvalue weighted by molar-refractivity contribution is 5.00. The molecule has 1 N–H and O–H groups in total. The molecule has 1 fully saturated rings. The summed E-state index contributed by atoms with van der Waals surface area (Å²) in [5.74, 6) is 0.865. The van der Waals surface area contributed by atoms with Gasteiger partial charge in [0.25, 0.3) is 0 Å². The van der Waals surface area contributed by atoms with Crippen LogP contribution in [0.1, 0.15) is 38.8 Å². The molecule has 1 aliphatic rings. The molecule has 0 radical (unpaired) electrons. The van der Waals surface area contributed by atoms with Gasteiger partial charge in [0, 0.05) is 25.8 Å². The molecule has 0 aromatic carbocycles. The van der Waals surface area contributed by atoms with Gasteiger partial charge >= 0.3 is 0 Å². The molecule has 4 heteroatoms. The van der Waals surface area contributed by atoms with Crippen molar-refractivity contribution in [1.82, 2.24) is 20.0 Å². The van der Waals surface area contributed by atoms with Crippen molar-refractivity contribution in [3.05, 3.63) is 18.0 Å². The van der Waals surface area contributed by atoms with E-state index in [-0.39, 0.29) is 0 Å². The molecule has 0 saturated carbocycles. The average Bonchev–Trinajstić information content (AvgIpc) is 2.87. The first-order chi connectivity index (χ1) is 9.33. The van der Waals surface area contributed by atoms with Crippen LogP contribution in [-0.4, -0.2) is 40.9 Å². The van der Waals surface area contributed by atoms with E-state index in [1.54, 1.807) is 0 Å². The maximum Gasteiger partial charge on any atom is 0.0524 e. The minimum absolute atomic E-state index is 0.865. The Labute approximate surface area is 117 Å². The summed E-state index contributed by atoms with van der Waals surface area (Å²) in [5.41, 5.74) is 1.36. The quantitative estimate of drug-likeness (QED) is 0.819. The Bertz CT molecular complexity index is 355. The summed E-state index contributed by atoms with van der Waals surface area (Å²) in [7, 11) is 0. The van der Waals surface area contributed by atoms with Gasteiger partial charge in [0.05, 0.1) is 5.69 Å². The Kier molecular flexibility index (Phi) is 5.86. The third-order valence-electron chi connectivity index (χ3n) is 4.05. The molecular formula is C15H28N4. The maximum atomic E-state index is 4.42. The van der Waals surface area contributed by atoms with E-state index in [4.69, 9.17) is 0 Å². The molecule has 1 aliphatic heterocycles. The summed E-state index contributed by atoms with van der Waals surface area (Å²) in [5, 5.41) is 7.86. The monoisotopic (exact) mass is 264 g/mol. The zero-order valence-corrected chi connectivity index (χ0v) is 12.4. The molecule has 0 unspecified atom stereocenters. The first kappa shape index (κ1) is 14.5. The molecule has 1 aromatic rings. The van der Waals surface area contributed by atoms with Crippen LogP contribution in [0.15, 0.2) is 12.3 Å². The number of nitrogens with one attached hydrogen (secondary N) is 1. The molecular weight excluding hydrogens is 236 g/mol. The fourth-order valence-electron chi connectivity index (χ4n) is 2.87. The average molecular weight is 264 g/mol. The second-order valence-corrected chi connectivity index (χ2v) is 5.57. The summed E-state index contributed by atoms with van der Waals surface area (Å²) >= 11 is 0. The zero-order chi connectivity index (χ0) is 13.5. The van der Waals surface area contributed by atoms with Crippen molar-refractivity contribution < 1.29 is 0 Å². The summed E-state index contributed by atoms with van der Waals surface area (Å²) in [6, 6.07) is 2.17. The van der Waals surface area contributed by atoms with Crippen LogP contribution in [0.2, 0.25) is 0 Å². The van der Waals surface area contributed by atoms with E-state index in [0.717, 1.165) is 32.0 Å². The van der Waals surface area contributed by atoms with Crippen LogP contribution in [0.3, 0.4) is 0 Å². The van der Waals surface area contributed by atoms with Gasteiger partial charge in [-0.3, -0.25) is 9.58 Å². The lowest BCUT2D eigenvalue weighted by molar-refractivity contribution is 0.202. The number of hydrogen-bond acceptors (Lipinski definition) is 3. The summed E-state index contributed by atoms with van der Waals surface area (Å²) < 4.78 is 2.16. The molecule has 0 bridgehead atoms. The molecule has 2 heterocycles. The van der Waals surface area contributed by atoms with Crippen LogP contribution in [0.5, 0.6) is 0 Å². The normalized spacial score (nSPS) is 17.2. The Morgan fingerprint density at radius 1 is 1.37 bits per heavy atom. The Balaban J connectivity index is 1.88. The lowest BCUT2D eigenvalue weighted by atomic mass is 9.97. The Morgan fingerprint density at radius 2 is 2.16 bits per heavy atom. The van der Waals surface area contributed by atoms with Gasteiger partial charge in [0.2, 0.25) is 0 Å². The zero-order valence-electron chi connectivity index (χ0n) is 12.4. The Morgan fingerprint density at radius 3 is 2.84 bits per heavy atom. The minimum atomic E-state index is 0.865. The van der Waals surface area contributed by atoms with E-state index in [2.05, 4.69) is 39.9 Å². The van der Waals surface area contributed by atoms with Crippen molar-refractivity contribution in [2.75, 3.05) is 26.2 Å². The van der Waals surface area contributed by atoms with Gasteiger partial charge in [-0.2, -0.15) is 5.10 Å². The third kappa shape index (κ3) is 4.32. The molecule has 108 valence electrons. The smallest absolute Gasteiger partial charge is 0.0524 e. The summed E-state index contributed by atoms with van der Waals surface area (Å²) in [6.45, 7) is 11.3. The Hall–Kier alpha value is -0.870. The maximum absolute atomic E-state index is 4.42. The topological polar surface area (TPSA) is 33.1 Å². The molecule has 0 atom stereocenters. The van der Waals surface area contributed by atoms with Gasteiger partial charge in [-0.25, -0.2) is 0 Å². The second kappa shape index (κ2) is 7.65. The van der Waals surface area contributed by atoms with Crippen molar-refractivity contribution in [3.63, 3.8) is 0 Å². The standard InChI is InChI=1S/C15H28N4/c1-3-11-19-15(7-10-17-19)13-18(4-2)12-14-5-8-16-9-6-14/h7,10,14,16H,3-6,8-9,11-13H2,1-2H3. The predicted octanol–water partition coefficient (Wildman–Crippen LogP) is 2.11. The van der Waals surface area contributed by atoms with Crippen molar-refractivity contribution in [3.8, 4) is 0 Å².